The second kappa shape index (κ2) is 9.63. The number of para-hydroxylation sites is 1. The Morgan fingerprint density at radius 2 is 2.13 bits per heavy atom. The lowest BCUT2D eigenvalue weighted by Crippen LogP contribution is -2.35. The third-order valence-electron chi connectivity index (χ3n) is 5.11. The maximum atomic E-state index is 12.7. The molecular formula is C22H25N3O4S. The van der Waals surface area contributed by atoms with E-state index in [1.807, 2.05) is 31.2 Å². The predicted octanol–water partition coefficient (Wildman–Crippen LogP) is 4.28. The summed E-state index contributed by atoms with van der Waals surface area (Å²) in [6, 6.07) is 9.86. The average molecular weight is 428 g/mol. The van der Waals surface area contributed by atoms with Gasteiger partial charge in [0.15, 0.2) is 0 Å². The molecule has 1 N–H and O–H groups in total. The van der Waals surface area contributed by atoms with E-state index in [-0.39, 0.29) is 24.3 Å². The number of anilines is 1. The highest BCUT2D eigenvalue weighted by molar-refractivity contribution is 7.16. The normalized spacial score (nSPS) is 13.7. The van der Waals surface area contributed by atoms with Crippen molar-refractivity contribution in [2.75, 3.05) is 25.6 Å². The first-order valence-corrected chi connectivity index (χ1v) is 10.7. The second-order valence-electron chi connectivity index (χ2n) is 7.09. The highest BCUT2D eigenvalue weighted by Gasteiger charge is 2.28. The molecule has 1 aromatic heterocycles. The summed E-state index contributed by atoms with van der Waals surface area (Å²) in [6.07, 6.45) is 0.482. The van der Waals surface area contributed by atoms with Crippen LogP contribution in [0.1, 0.15) is 47.8 Å². The number of rotatable bonds is 6. The first-order chi connectivity index (χ1) is 14.5. The SMILES string of the molecule is CCOC(=O)N1CCc2c(sc(NC(=O)CC(C)c3ccccc3OC)c2C#N)C1. The third kappa shape index (κ3) is 4.57. The number of thiophene rings is 1. The molecule has 0 radical (unpaired) electrons. The second-order valence-corrected chi connectivity index (χ2v) is 8.19. The summed E-state index contributed by atoms with van der Waals surface area (Å²) in [6.45, 7) is 4.95. The first kappa shape index (κ1) is 21.7. The summed E-state index contributed by atoms with van der Waals surface area (Å²) in [4.78, 5) is 27.3. The number of carbonyl (C=O) groups is 2. The van der Waals surface area contributed by atoms with Crippen LogP contribution in [0.15, 0.2) is 24.3 Å². The molecule has 1 atom stereocenters. The first-order valence-electron chi connectivity index (χ1n) is 9.87. The lowest BCUT2D eigenvalue weighted by atomic mass is 9.96. The van der Waals surface area contributed by atoms with Gasteiger partial charge >= 0.3 is 6.09 Å². The van der Waals surface area contributed by atoms with Crippen molar-refractivity contribution in [3.05, 3.63) is 45.8 Å². The number of nitriles is 1. The molecule has 0 saturated carbocycles. The fraction of sp³-hybridized carbons (Fsp3) is 0.409. The predicted molar refractivity (Wildman–Crippen MR) is 115 cm³/mol. The Bertz CT molecular complexity index is 979. The topological polar surface area (TPSA) is 91.7 Å². The van der Waals surface area contributed by atoms with Crippen molar-refractivity contribution < 1.29 is 19.1 Å². The van der Waals surface area contributed by atoms with Crippen LogP contribution in [-0.4, -0.2) is 37.2 Å². The fourth-order valence-electron chi connectivity index (χ4n) is 3.62. The minimum absolute atomic E-state index is 0.0411. The van der Waals surface area contributed by atoms with Gasteiger partial charge in [0.25, 0.3) is 0 Å². The molecule has 1 aliphatic heterocycles. The molecule has 8 heteroatoms. The summed E-state index contributed by atoms with van der Waals surface area (Å²) >= 11 is 1.36. The molecule has 3 rings (SSSR count). The highest BCUT2D eigenvalue weighted by Crippen LogP contribution is 2.37. The Hall–Kier alpha value is -3.05. The van der Waals surface area contributed by atoms with Crippen LogP contribution in [0.4, 0.5) is 9.80 Å². The van der Waals surface area contributed by atoms with Crippen LogP contribution in [-0.2, 0) is 22.5 Å². The van der Waals surface area contributed by atoms with Crippen LogP contribution in [0.25, 0.3) is 0 Å². The van der Waals surface area contributed by atoms with Crippen LogP contribution >= 0.6 is 11.3 Å². The van der Waals surface area contributed by atoms with Gasteiger partial charge < -0.3 is 19.7 Å². The van der Waals surface area contributed by atoms with E-state index in [9.17, 15) is 14.9 Å². The van der Waals surface area contributed by atoms with E-state index in [1.165, 1.54) is 11.3 Å². The van der Waals surface area contributed by atoms with E-state index < -0.39 is 0 Å². The van der Waals surface area contributed by atoms with E-state index in [0.717, 1.165) is 21.8 Å². The van der Waals surface area contributed by atoms with Gasteiger partial charge in [0.1, 0.15) is 16.8 Å². The molecule has 1 unspecified atom stereocenters. The molecule has 1 aromatic carbocycles. The van der Waals surface area contributed by atoms with Gasteiger partial charge in [0, 0.05) is 17.8 Å². The lowest BCUT2D eigenvalue weighted by Gasteiger charge is -2.25. The van der Waals surface area contributed by atoms with E-state index in [2.05, 4.69) is 11.4 Å². The van der Waals surface area contributed by atoms with Gasteiger partial charge in [0.05, 0.1) is 25.8 Å². The molecular weight excluding hydrogens is 402 g/mol. The number of hydrogen-bond acceptors (Lipinski definition) is 6. The molecule has 0 spiro atoms. The summed E-state index contributed by atoms with van der Waals surface area (Å²) in [5.74, 6) is 0.549. The van der Waals surface area contributed by atoms with Gasteiger partial charge in [-0.05, 0) is 36.5 Å². The Balaban J connectivity index is 1.72. The summed E-state index contributed by atoms with van der Waals surface area (Å²) in [7, 11) is 1.61. The van der Waals surface area contributed by atoms with E-state index in [4.69, 9.17) is 9.47 Å². The number of hydrogen-bond donors (Lipinski definition) is 1. The standard InChI is InChI=1S/C22H25N3O4S/c1-4-29-22(27)25-10-9-16-17(12-23)21(30-19(16)13-25)24-20(26)11-14(2)15-7-5-6-8-18(15)28-3/h5-8,14H,4,9-11,13H2,1-3H3,(H,24,26). The van der Waals surface area contributed by atoms with Crippen molar-refractivity contribution in [2.45, 2.75) is 39.2 Å². The van der Waals surface area contributed by atoms with Gasteiger partial charge in [-0.2, -0.15) is 5.26 Å². The van der Waals surface area contributed by atoms with Crippen molar-refractivity contribution in [1.29, 1.82) is 5.26 Å². The zero-order chi connectivity index (χ0) is 21.7. The number of methoxy groups -OCH3 is 1. The molecule has 2 amide bonds. The largest absolute Gasteiger partial charge is 0.496 e. The van der Waals surface area contributed by atoms with Crippen LogP contribution < -0.4 is 10.1 Å². The number of nitrogens with zero attached hydrogens (tertiary/aromatic N) is 2. The number of carbonyl (C=O) groups excluding carboxylic acids is 2. The summed E-state index contributed by atoms with van der Waals surface area (Å²) in [5, 5.41) is 13.1. The van der Waals surface area contributed by atoms with Crippen LogP contribution in [0.5, 0.6) is 5.75 Å². The number of fused-ring (bicyclic) bond motifs is 1. The van der Waals surface area contributed by atoms with Gasteiger partial charge in [-0.1, -0.05) is 25.1 Å². The Morgan fingerprint density at radius 3 is 2.83 bits per heavy atom. The number of benzene rings is 1. The monoisotopic (exact) mass is 427 g/mol. The lowest BCUT2D eigenvalue weighted by molar-refractivity contribution is -0.116. The minimum Gasteiger partial charge on any atom is -0.496 e. The smallest absolute Gasteiger partial charge is 0.410 e. The molecule has 0 saturated heterocycles. The maximum Gasteiger partial charge on any atom is 0.410 e. The Kier molecular flexibility index (Phi) is 6.95. The zero-order valence-electron chi connectivity index (χ0n) is 17.4. The van der Waals surface area contributed by atoms with E-state index in [0.29, 0.717) is 36.7 Å². The molecule has 2 heterocycles. The molecule has 1 aliphatic rings. The molecule has 0 aliphatic carbocycles. The molecule has 2 aromatic rings. The highest BCUT2D eigenvalue weighted by atomic mass is 32.1. The molecule has 0 fully saturated rings. The van der Waals surface area contributed by atoms with Crippen molar-refractivity contribution in [2.24, 2.45) is 0 Å². The van der Waals surface area contributed by atoms with E-state index in [1.54, 1.807) is 18.9 Å². The van der Waals surface area contributed by atoms with Gasteiger partial charge in [-0.3, -0.25) is 4.79 Å². The fourth-order valence-corrected chi connectivity index (χ4v) is 4.85. The summed E-state index contributed by atoms with van der Waals surface area (Å²) in [5.41, 5.74) is 2.37. The maximum absolute atomic E-state index is 12.7. The molecule has 158 valence electrons. The van der Waals surface area contributed by atoms with Gasteiger partial charge in [0.2, 0.25) is 5.91 Å². The quantitative estimate of drug-likeness (QED) is 0.743. The van der Waals surface area contributed by atoms with Gasteiger partial charge in [-0.15, -0.1) is 11.3 Å². The van der Waals surface area contributed by atoms with Crippen molar-refractivity contribution >= 4 is 28.3 Å². The molecule has 0 bridgehead atoms. The van der Waals surface area contributed by atoms with E-state index >= 15 is 0 Å². The van der Waals surface area contributed by atoms with Crippen LogP contribution in [0, 0.1) is 11.3 Å². The minimum atomic E-state index is -0.355. The van der Waals surface area contributed by atoms with Crippen LogP contribution in [0.2, 0.25) is 0 Å². The van der Waals surface area contributed by atoms with Crippen molar-refractivity contribution in [3.8, 4) is 11.8 Å². The third-order valence-corrected chi connectivity index (χ3v) is 6.24. The zero-order valence-corrected chi connectivity index (χ0v) is 18.2. The number of nitrogens with one attached hydrogen (secondary N) is 1. The van der Waals surface area contributed by atoms with Crippen molar-refractivity contribution in [3.63, 3.8) is 0 Å². The number of amides is 2. The molecule has 30 heavy (non-hydrogen) atoms. The average Bonchev–Trinajstić information content (AvgIpc) is 3.09. The Morgan fingerprint density at radius 1 is 1.37 bits per heavy atom. The van der Waals surface area contributed by atoms with Gasteiger partial charge in [-0.25, -0.2) is 4.79 Å². The number of ether oxygens (including phenoxy) is 2. The van der Waals surface area contributed by atoms with Crippen molar-refractivity contribution in [1.82, 2.24) is 4.90 Å². The summed E-state index contributed by atoms with van der Waals surface area (Å²) < 4.78 is 10.5. The Labute approximate surface area is 180 Å². The molecule has 7 nitrogen and oxygen atoms in total. The van der Waals surface area contributed by atoms with Crippen LogP contribution in [0.3, 0.4) is 0 Å².